The number of aromatic nitrogens is 7. The second-order valence-corrected chi connectivity index (χ2v) is 9.25. The second kappa shape index (κ2) is 8.50. The van der Waals surface area contributed by atoms with Crippen molar-refractivity contribution in [3.05, 3.63) is 66.7 Å². The molecule has 0 aliphatic rings. The molecule has 0 aliphatic heterocycles. The molecule has 0 amide bonds. The molecule has 0 spiro atoms. The number of thiazole rings is 1. The van der Waals surface area contributed by atoms with E-state index in [-0.39, 0.29) is 0 Å². The molecule has 7 nitrogen and oxygen atoms in total. The summed E-state index contributed by atoms with van der Waals surface area (Å²) in [6.45, 7) is 0.646. The Bertz CT molecular complexity index is 1290. The highest BCUT2D eigenvalue weighted by molar-refractivity contribution is 8.00. The zero-order chi connectivity index (χ0) is 20.3. The first-order valence-electron chi connectivity index (χ1n) is 9.03. The van der Waals surface area contributed by atoms with Gasteiger partial charge in [-0.25, -0.2) is 15.0 Å². The van der Waals surface area contributed by atoms with Gasteiger partial charge in [0, 0.05) is 18.0 Å². The molecule has 5 rings (SSSR count). The van der Waals surface area contributed by atoms with Crippen LogP contribution in [0.3, 0.4) is 0 Å². The number of hydrogen-bond donors (Lipinski definition) is 0. The van der Waals surface area contributed by atoms with Crippen molar-refractivity contribution in [1.29, 1.82) is 0 Å². The lowest BCUT2D eigenvalue weighted by atomic mass is 10.2. The van der Waals surface area contributed by atoms with E-state index >= 15 is 0 Å². The van der Waals surface area contributed by atoms with E-state index < -0.39 is 0 Å². The smallest absolute Gasteiger partial charge is 0.198 e. The summed E-state index contributed by atoms with van der Waals surface area (Å²) in [7, 11) is 0. The van der Waals surface area contributed by atoms with Gasteiger partial charge in [0.15, 0.2) is 21.0 Å². The van der Waals surface area contributed by atoms with Gasteiger partial charge in [-0.2, -0.15) is 0 Å². The maximum Gasteiger partial charge on any atom is 0.198 e. The Labute approximate surface area is 185 Å². The molecule has 4 heterocycles. The lowest BCUT2D eigenvalue weighted by molar-refractivity contribution is 0.714. The number of hydrogen-bond acceptors (Lipinski definition) is 9. The van der Waals surface area contributed by atoms with Crippen molar-refractivity contribution >= 4 is 45.2 Å². The molecule has 148 valence electrons. The third-order valence-corrected chi connectivity index (χ3v) is 7.47. The average Bonchev–Trinajstić information content (AvgIpc) is 3.40. The van der Waals surface area contributed by atoms with Gasteiger partial charge >= 0.3 is 0 Å². The number of fused-ring (bicyclic) bond motifs is 1. The van der Waals surface area contributed by atoms with Crippen molar-refractivity contribution in [2.45, 2.75) is 21.1 Å². The normalized spacial score (nSPS) is 11.2. The van der Waals surface area contributed by atoms with Gasteiger partial charge in [-0.1, -0.05) is 42.1 Å². The van der Waals surface area contributed by atoms with E-state index in [1.54, 1.807) is 41.8 Å². The zero-order valence-electron chi connectivity index (χ0n) is 15.8. The highest BCUT2D eigenvalue weighted by Crippen LogP contribution is 2.36. The fourth-order valence-electron chi connectivity index (χ4n) is 2.94. The Morgan fingerprint density at radius 1 is 1.03 bits per heavy atom. The minimum Gasteiger partial charge on any atom is -0.297 e. The molecular weight excluding hydrogens is 434 g/mol. The van der Waals surface area contributed by atoms with E-state index in [0.717, 1.165) is 30.6 Å². The Hall–Kier alpha value is -2.82. The highest BCUT2D eigenvalue weighted by atomic mass is 32.2. The van der Waals surface area contributed by atoms with Crippen LogP contribution in [0.4, 0.5) is 0 Å². The predicted molar refractivity (Wildman–Crippen MR) is 120 cm³/mol. The van der Waals surface area contributed by atoms with Crippen LogP contribution < -0.4 is 0 Å². The third kappa shape index (κ3) is 3.81. The lowest BCUT2D eigenvalue weighted by Gasteiger charge is -2.10. The number of nitrogens with zero attached hydrogens (tertiary/aromatic N) is 7. The Kier molecular flexibility index (Phi) is 5.43. The minimum absolute atomic E-state index is 0.646. The largest absolute Gasteiger partial charge is 0.297 e. The van der Waals surface area contributed by atoms with Crippen LogP contribution in [0.2, 0.25) is 0 Å². The van der Waals surface area contributed by atoms with Crippen LogP contribution in [-0.2, 0) is 6.54 Å². The van der Waals surface area contributed by atoms with Crippen LogP contribution >= 0.6 is 34.9 Å². The molecule has 0 saturated heterocycles. The molecule has 0 bridgehead atoms. The molecule has 0 fully saturated rings. The predicted octanol–water partition coefficient (Wildman–Crippen LogP) is 4.66. The third-order valence-electron chi connectivity index (χ3n) is 4.32. The number of benzene rings is 1. The number of rotatable bonds is 6. The summed E-state index contributed by atoms with van der Waals surface area (Å²) in [5.41, 5.74) is 2.80. The number of thioether (sulfide) groups is 1. The van der Waals surface area contributed by atoms with Gasteiger partial charge in [-0.05, 0) is 35.7 Å². The van der Waals surface area contributed by atoms with Crippen molar-refractivity contribution in [2.24, 2.45) is 0 Å². The lowest BCUT2D eigenvalue weighted by Crippen LogP contribution is -2.04. The van der Waals surface area contributed by atoms with Crippen molar-refractivity contribution in [1.82, 2.24) is 34.7 Å². The molecule has 0 atom stereocenters. The molecule has 0 radical (unpaired) electrons. The monoisotopic (exact) mass is 449 g/mol. The van der Waals surface area contributed by atoms with Crippen molar-refractivity contribution in [2.75, 3.05) is 6.26 Å². The van der Waals surface area contributed by atoms with Crippen molar-refractivity contribution in [3.8, 4) is 11.4 Å². The summed E-state index contributed by atoms with van der Waals surface area (Å²) in [4.78, 5) is 17.6. The fourth-order valence-corrected chi connectivity index (χ4v) is 5.39. The van der Waals surface area contributed by atoms with E-state index in [1.807, 2.05) is 36.6 Å². The summed E-state index contributed by atoms with van der Waals surface area (Å²) >= 11 is 4.68. The van der Waals surface area contributed by atoms with E-state index in [9.17, 15) is 0 Å². The highest BCUT2D eigenvalue weighted by Gasteiger charge is 2.19. The molecule has 0 saturated carbocycles. The minimum atomic E-state index is 0.646. The molecule has 5 aromatic rings. The van der Waals surface area contributed by atoms with Gasteiger partial charge < -0.3 is 0 Å². The summed E-state index contributed by atoms with van der Waals surface area (Å²) in [6, 6.07) is 14.2. The summed E-state index contributed by atoms with van der Waals surface area (Å²) in [5, 5.41) is 10.5. The van der Waals surface area contributed by atoms with Gasteiger partial charge in [0.25, 0.3) is 0 Å². The Morgan fingerprint density at radius 3 is 2.73 bits per heavy atom. The molecule has 0 N–H and O–H groups in total. The standard InChI is InChI=1S/C20H15N7S3/c1-28-20-24-16-15(29-20)18(23-12-22-16)30-19-26-25-17(14-8-5-9-21-10-14)27(19)11-13-6-3-2-4-7-13/h2-10,12H,11H2,1H3. The van der Waals surface area contributed by atoms with E-state index in [4.69, 9.17) is 0 Å². The van der Waals surface area contributed by atoms with Crippen LogP contribution in [0.1, 0.15) is 5.56 Å². The van der Waals surface area contributed by atoms with E-state index in [1.165, 1.54) is 17.3 Å². The summed E-state index contributed by atoms with van der Waals surface area (Å²) in [5.74, 6) is 0.772. The van der Waals surface area contributed by atoms with Gasteiger partial charge in [0.2, 0.25) is 0 Å². The molecular formula is C20H15N7S3. The molecule has 0 unspecified atom stereocenters. The topological polar surface area (TPSA) is 82.3 Å². The van der Waals surface area contributed by atoms with E-state index in [0.29, 0.717) is 12.2 Å². The first kappa shape index (κ1) is 19.2. The van der Waals surface area contributed by atoms with Crippen LogP contribution in [0.25, 0.3) is 21.7 Å². The van der Waals surface area contributed by atoms with Gasteiger partial charge in [0.1, 0.15) is 16.1 Å². The zero-order valence-corrected chi connectivity index (χ0v) is 18.3. The van der Waals surface area contributed by atoms with Crippen molar-refractivity contribution in [3.63, 3.8) is 0 Å². The molecule has 4 aromatic heterocycles. The van der Waals surface area contributed by atoms with Gasteiger partial charge in [0.05, 0.1) is 6.54 Å². The number of pyridine rings is 1. The molecule has 1 aromatic carbocycles. The first-order valence-corrected chi connectivity index (χ1v) is 11.9. The quantitative estimate of drug-likeness (QED) is 0.273. The summed E-state index contributed by atoms with van der Waals surface area (Å²) < 4.78 is 4.03. The summed E-state index contributed by atoms with van der Waals surface area (Å²) in [6.07, 6.45) is 7.11. The average molecular weight is 450 g/mol. The molecule has 0 aliphatic carbocycles. The maximum atomic E-state index is 4.54. The molecule has 10 heteroatoms. The van der Waals surface area contributed by atoms with Gasteiger partial charge in [-0.15, -0.1) is 21.5 Å². The SMILES string of the molecule is CSc1nc2ncnc(Sc3nnc(-c4cccnc4)n3Cc3ccccc3)c2s1. The van der Waals surface area contributed by atoms with E-state index in [2.05, 4.69) is 46.8 Å². The fraction of sp³-hybridized carbons (Fsp3) is 0.100. The Morgan fingerprint density at radius 2 is 1.93 bits per heavy atom. The van der Waals surface area contributed by atoms with Gasteiger partial charge in [-0.3, -0.25) is 9.55 Å². The first-order chi connectivity index (χ1) is 14.8. The second-order valence-electron chi connectivity index (χ2n) is 6.24. The Balaban J connectivity index is 1.58. The maximum absolute atomic E-state index is 4.54. The van der Waals surface area contributed by atoms with Crippen LogP contribution in [0.5, 0.6) is 0 Å². The van der Waals surface area contributed by atoms with Crippen LogP contribution in [-0.4, -0.2) is 41.0 Å². The molecule has 30 heavy (non-hydrogen) atoms. The van der Waals surface area contributed by atoms with Crippen LogP contribution in [0.15, 0.2) is 75.7 Å². The van der Waals surface area contributed by atoms with Crippen LogP contribution in [0, 0.1) is 0 Å². The van der Waals surface area contributed by atoms with Crippen molar-refractivity contribution < 1.29 is 0 Å².